The van der Waals surface area contributed by atoms with E-state index < -0.39 is 23.6 Å². The Morgan fingerprint density at radius 2 is 1.84 bits per heavy atom. The van der Waals surface area contributed by atoms with E-state index in [1.807, 2.05) is 0 Å². The SMILES string of the molecule is O=C1NC(=S)N(c2ccc(C(=O)O)cc2)C(=O)/C1=C/c1ccc(-c2cccc(F)c2)o1. The number of aromatic carboxylic acids is 1. The van der Waals surface area contributed by atoms with E-state index in [-0.39, 0.29) is 22.0 Å². The lowest BCUT2D eigenvalue weighted by molar-refractivity contribution is -0.122. The quantitative estimate of drug-likeness (QED) is 0.368. The van der Waals surface area contributed by atoms with E-state index >= 15 is 0 Å². The second-order valence-corrected chi connectivity index (χ2v) is 6.91. The van der Waals surface area contributed by atoms with Crippen LogP contribution in [0.4, 0.5) is 10.1 Å². The normalized spacial score (nSPS) is 15.3. The summed E-state index contributed by atoms with van der Waals surface area (Å²) in [5.41, 5.74) is 0.617. The Morgan fingerprint density at radius 1 is 1.10 bits per heavy atom. The number of carbonyl (C=O) groups excluding carboxylic acids is 2. The minimum atomic E-state index is -1.11. The molecule has 0 saturated carbocycles. The first-order valence-corrected chi connectivity index (χ1v) is 9.35. The van der Waals surface area contributed by atoms with Gasteiger partial charge in [-0.1, -0.05) is 12.1 Å². The maximum atomic E-state index is 13.4. The van der Waals surface area contributed by atoms with Crippen LogP contribution < -0.4 is 10.2 Å². The van der Waals surface area contributed by atoms with Crippen molar-refractivity contribution in [3.05, 3.63) is 83.4 Å². The van der Waals surface area contributed by atoms with Gasteiger partial charge in [-0.3, -0.25) is 19.8 Å². The van der Waals surface area contributed by atoms with Gasteiger partial charge in [0.05, 0.1) is 11.3 Å². The number of hydrogen-bond acceptors (Lipinski definition) is 5. The highest BCUT2D eigenvalue weighted by molar-refractivity contribution is 7.80. The lowest BCUT2D eigenvalue weighted by atomic mass is 10.1. The van der Waals surface area contributed by atoms with Crippen LogP contribution in [-0.4, -0.2) is 28.0 Å². The van der Waals surface area contributed by atoms with Gasteiger partial charge in [0.1, 0.15) is 22.9 Å². The molecule has 9 heteroatoms. The summed E-state index contributed by atoms with van der Waals surface area (Å²) in [7, 11) is 0. The van der Waals surface area contributed by atoms with Gasteiger partial charge in [0.2, 0.25) is 0 Å². The largest absolute Gasteiger partial charge is 0.478 e. The number of benzene rings is 2. The third-order valence-corrected chi connectivity index (χ3v) is 4.78. The average Bonchev–Trinajstić information content (AvgIpc) is 3.20. The fourth-order valence-corrected chi connectivity index (χ4v) is 3.30. The molecule has 1 aromatic heterocycles. The molecule has 0 unspecified atom stereocenters. The van der Waals surface area contributed by atoms with Crippen molar-refractivity contribution in [3.63, 3.8) is 0 Å². The number of carboxylic acid groups (broad SMARTS) is 1. The minimum absolute atomic E-state index is 0.0411. The molecule has 0 aliphatic carbocycles. The third-order valence-electron chi connectivity index (χ3n) is 4.50. The molecular weight excluding hydrogens is 423 g/mol. The van der Waals surface area contributed by atoms with Gasteiger partial charge >= 0.3 is 5.97 Å². The van der Waals surface area contributed by atoms with E-state index in [0.29, 0.717) is 17.0 Å². The van der Waals surface area contributed by atoms with Crippen LogP contribution in [0, 0.1) is 5.82 Å². The van der Waals surface area contributed by atoms with Gasteiger partial charge in [0.15, 0.2) is 5.11 Å². The maximum Gasteiger partial charge on any atom is 0.335 e. The molecular formula is C22H13FN2O5S. The van der Waals surface area contributed by atoms with Crippen LogP contribution in [0.1, 0.15) is 16.1 Å². The van der Waals surface area contributed by atoms with Gasteiger partial charge in [-0.25, -0.2) is 9.18 Å². The third kappa shape index (κ3) is 3.99. The molecule has 2 heterocycles. The Bertz CT molecular complexity index is 1260. The molecule has 2 amide bonds. The molecule has 1 aliphatic rings. The van der Waals surface area contributed by atoms with Gasteiger partial charge in [-0.2, -0.15) is 0 Å². The van der Waals surface area contributed by atoms with Crippen molar-refractivity contribution in [1.82, 2.24) is 5.32 Å². The van der Waals surface area contributed by atoms with Crippen LogP contribution in [0.3, 0.4) is 0 Å². The number of hydrogen-bond donors (Lipinski definition) is 2. The van der Waals surface area contributed by atoms with E-state index in [0.717, 1.165) is 4.90 Å². The summed E-state index contributed by atoms with van der Waals surface area (Å²) in [5, 5.41) is 11.3. The summed E-state index contributed by atoms with van der Waals surface area (Å²) in [5.74, 6) is -2.34. The summed E-state index contributed by atoms with van der Waals surface area (Å²) in [6.45, 7) is 0. The standard InChI is InChI=1S/C22H13FN2O5S/c23-14-3-1-2-13(10-14)18-9-8-16(30-18)11-17-19(26)24-22(31)25(20(17)27)15-6-4-12(5-7-15)21(28)29/h1-11H,(H,28,29)(H,24,26,31)/b17-11+. The van der Waals surface area contributed by atoms with Crippen molar-refractivity contribution in [3.8, 4) is 11.3 Å². The minimum Gasteiger partial charge on any atom is -0.478 e. The van der Waals surface area contributed by atoms with E-state index in [1.165, 1.54) is 48.5 Å². The Kier molecular flexibility index (Phi) is 5.18. The molecule has 0 spiro atoms. The number of furan rings is 1. The highest BCUT2D eigenvalue weighted by Gasteiger charge is 2.34. The highest BCUT2D eigenvalue weighted by Crippen LogP contribution is 2.26. The van der Waals surface area contributed by atoms with Crippen molar-refractivity contribution in [2.45, 2.75) is 0 Å². The van der Waals surface area contributed by atoms with Crippen LogP contribution in [0.25, 0.3) is 17.4 Å². The molecule has 31 heavy (non-hydrogen) atoms. The molecule has 1 aliphatic heterocycles. The molecule has 3 aromatic rings. The van der Waals surface area contributed by atoms with Crippen LogP contribution in [0.15, 0.2) is 70.7 Å². The van der Waals surface area contributed by atoms with E-state index in [9.17, 15) is 18.8 Å². The van der Waals surface area contributed by atoms with Crippen LogP contribution in [-0.2, 0) is 9.59 Å². The van der Waals surface area contributed by atoms with E-state index in [4.69, 9.17) is 21.7 Å². The molecule has 154 valence electrons. The number of halogens is 1. The average molecular weight is 436 g/mol. The molecule has 2 N–H and O–H groups in total. The molecule has 4 rings (SSSR count). The molecule has 1 fully saturated rings. The number of nitrogens with zero attached hydrogens (tertiary/aromatic N) is 1. The predicted octanol–water partition coefficient (Wildman–Crippen LogP) is 3.62. The van der Waals surface area contributed by atoms with Crippen LogP contribution in [0.2, 0.25) is 0 Å². The number of carboxylic acids is 1. The number of thiocarbonyl (C=S) groups is 1. The van der Waals surface area contributed by atoms with Gasteiger partial charge in [-0.15, -0.1) is 0 Å². The zero-order chi connectivity index (χ0) is 22.1. The highest BCUT2D eigenvalue weighted by atomic mass is 32.1. The zero-order valence-electron chi connectivity index (χ0n) is 15.7. The monoisotopic (exact) mass is 436 g/mol. The zero-order valence-corrected chi connectivity index (χ0v) is 16.5. The number of nitrogens with one attached hydrogen (secondary N) is 1. The first-order valence-electron chi connectivity index (χ1n) is 8.94. The number of amides is 2. The lowest BCUT2D eigenvalue weighted by Gasteiger charge is -2.28. The Balaban J connectivity index is 1.66. The maximum absolute atomic E-state index is 13.4. The number of rotatable bonds is 4. The molecule has 7 nitrogen and oxygen atoms in total. The van der Waals surface area contributed by atoms with Crippen LogP contribution in [0.5, 0.6) is 0 Å². The Hall–Kier alpha value is -4.11. The van der Waals surface area contributed by atoms with Gasteiger partial charge in [-0.05, 0) is 66.8 Å². The predicted molar refractivity (Wildman–Crippen MR) is 114 cm³/mol. The first-order chi connectivity index (χ1) is 14.8. The summed E-state index contributed by atoms with van der Waals surface area (Å²) < 4.78 is 19.1. The molecule has 1 saturated heterocycles. The summed E-state index contributed by atoms with van der Waals surface area (Å²) >= 11 is 5.12. The Morgan fingerprint density at radius 3 is 2.52 bits per heavy atom. The van der Waals surface area contributed by atoms with Crippen molar-refractivity contribution in [2.75, 3.05) is 4.90 Å². The fourth-order valence-electron chi connectivity index (χ4n) is 3.01. The van der Waals surface area contributed by atoms with Gasteiger partial charge in [0, 0.05) is 5.56 Å². The van der Waals surface area contributed by atoms with E-state index in [2.05, 4.69) is 5.32 Å². The van der Waals surface area contributed by atoms with E-state index in [1.54, 1.807) is 18.2 Å². The van der Waals surface area contributed by atoms with Crippen molar-refractivity contribution < 1.29 is 28.3 Å². The number of anilines is 1. The summed E-state index contributed by atoms with van der Waals surface area (Å²) in [6, 6.07) is 14.4. The van der Waals surface area contributed by atoms with Crippen LogP contribution >= 0.6 is 12.2 Å². The second-order valence-electron chi connectivity index (χ2n) is 6.52. The first kappa shape index (κ1) is 20.2. The van der Waals surface area contributed by atoms with Crippen molar-refractivity contribution in [2.24, 2.45) is 0 Å². The molecule has 2 aromatic carbocycles. The second kappa shape index (κ2) is 7.96. The fraction of sp³-hybridized carbons (Fsp3) is 0. The lowest BCUT2D eigenvalue weighted by Crippen LogP contribution is -2.54. The van der Waals surface area contributed by atoms with Crippen molar-refractivity contribution >= 4 is 46.9 Å². The molecule has 0 bridgehead atoms. The summed E-state index contributed by atoms with van der Waals surface area (Å²) in [4.78, 5) is 37.5. The molecule has 0 radical (unpaired) electrons. The molecule has 0 atom stereocenters. The van der Waals surface area contributed by atoms with Crippen molar-refractivity contribution in [1.29, 1.82) is 0 Å². The smallest absolute Gasteiger partial charge is 0.335 e. The Labute approximate surface area is 180 Å². The summed E-state index contributed by atoms with van der Waals surface area (Å²) in [6.07, 6.45) is 1.26. The van der Waals surface area contributed by atoms with Gasteiger partial charge in [0.25, 0.3) is 11.8 Å². The topological polar surface area (TPSA) is 99.9 Å². The number of carbonyl (C=O) groups is 3. The van der Waals surface area contributed by atoms with Gasteiger partial charge < -0.3 is 9.52 Å².